The predicted octanol–water partition coefficient (Wildman–Crippen LogP) is 0.904. The molecule has 15 heavy (non-hydrogen) atoms. The van der Waals surface area contributed by atoms with Crippen LogP contribution in [0.5, 0.6) is 0 Å². The molecule has 0 aliphatic carbocycles. The van der Waals surface area contributed by atoms with Crippen molar-refractivity contribution in [1.29, 1.82) is 0 Å². The van der Waals surface area contributed by atoms with Gasteiger partial charge in [0.05, 0.1) is 13.5 Å². The van der Waals surface area contributed by atoms with Crippen LogP contribution in [0.3, 0.4) is 0 Å². The lowest BCUT2D eigenvalue weighted by Crippen LogP contribution is -2.30. The zero-order valence-electron chi connectivity index (χ0n) is 9.36. The number of nitrogens with zero attached hydrogens (tertiary/aromatic N) is 1. The number of ether oxygens (including phenoxy) is 1. The fourth-order valence-electron chi connectivity index (χ4n) is 1.02. The molecule has 0 aliphatic heterocycles. The molecule has 0 fully saturated rings. The zero-order chi connectivity index (χ0) is 11.8. The van der Waals surface area contributed by atoms with Gasteiger partial charge in [0.15, 0.2) is 0 Å². The molecule has 0 radical (unpaired) electrons. The quantitative estimate of drug-likeness (QED) is 0.375. The van der Waals surface area contributed by atoms with E-state index >= 15 is 0 Å². The Labute approximate surface area is 89.6 Å². The van der Waals surface area contributed by atoms with Crippen molar-refractivity contribution in [1.82, 2.24) is 5.06 Å². The molecule has 0 aliphatic rings. The second kappa shape index (κ2) is 7.00. The molecule has 1 atom stereocenters. The third kappa shape index (κ3) is 5.85. The highest BCUT2D eigenvalue weighted by Crippen LogP contribution is 2.07. The number of hydrogen-bond donors (Lipinski definition) is 0. The first-order valence-corrected chi connectivity index (χ1v) is 4.60. The summed E-state index contributed by atoms with van der Waals surface area (Å²) in [6.07, 6.45) is 1.68. The van der Waals surface area contributed by atoms with E-state index < -0.39 is 12.1 Å². The first kappa shape index (κ1) is 13.6. The molecule has 0 aromatic rings. The van der Waals surface area contributed by atoms with Crippen LogP contribution < -0.4 is 0 Å². The molecule has 0 saturated carbocycles. The summed E-state index contributed by atoms with van der Waals surface area (Å²) in [6, 6.07) is 0. The lowest BCUT2D eigenvalue weighted by Gasteiger charge is -2.18. The van der Waals surface area contributed by atoms with Crippen LogP contribution in [0.4, 0.5) is 0 Å². The Morgan fingerprint density at radius 2 is 2.13 bits per heavy atom. The summed E-state index contributed by atoms with van der Waals surface area (Å²) in [5.74, 6) is -0.652. The van der Waals surface area contributed by atoms with Crippen LogP contribution in [-0.4, -0.2) is 37.2 Å². The second-order valence-corrected chi connectivity index (χ2v) is 3.03. The van der Waals surface area contributed by atoms with Crippen LogP contribution in [0.25, 0.3) is 0 Å². The van der Waals surface area contributed by atoms with Gasteiger partial charge in [-0.25, -0.2) is 5.06 Å². The third-order valence-electron chi connectivity index (χ3n) is 1.79. The Bertz CT molecular complexity index is 240. The van der Waals surface area contributed by atoms with Crippen molar-refractivity contribution in [2.24, 2.45) is 0 Å². The highest BCUT2D eigenvalue weighted by molar-refractivity contribution is 5.76. The van der Waals surface area contributed by atoms with Gasteiger partial charge in [0, 0.05) is 20.4 Å². The maximum atomic E-state index is 11.4. The van der Waals surface area contributed by atoms with E-state index in [0.29, 0.717) is 6.42 Å². The van der Waals surface area contributed by atoms with Crippen molar-refractivity contribution in [3.63, 3.8) is 0 Å². The van der Waals surface area contributed by atoms with Crippen molar-refractivity contribution in [2.45, 2.75) is 25.9 Å². The molecule has 0 saturated heterocycles. The summed E-state index contributed by atoms with van der Waals surface area (Å²) in [6.45, 7) is 4.84. The van der Waals surface area contributed by atoms with E-state index in [0.717, 1.165) is 5.06 Å². The number of amides is 1. The van der Waals surface area contributed by atoms with E-state index in [9.17, 15) is 9.59 Å². The van der Waals surface area contributed by atoms with Gasteiger partial charge in [-0.05, 0) is 0 Å². The Kier molecular flexibility index (Phi) is 6.37. The van der Waals surface area contributed by atoms with Crippen molar-refractivity contribution in [3.8, 4) is 0 Å². The Morgan fingerprint density at radius 3 is 2.53 bits per heavy atom. The van der Waals surface area contributed by atoms with E-state index in [2.05, 4.69) is 6.58 Å². The minimum absolute atomic E-state index is 0.0932. The minimum Gasteiger partial charge on any atom is -0.462 e. The van der Waals surface area contributed by atoms with Gasteiger partial charge in [0.2, 0.25) is 5.91 Å². The minimum atomic E-state index is -0.468. The van der Waals surface area contributed by atoms with Crippen molar-refractivity contribution in [2.75, 3.05) is 14.2 Å². The van der Waals surface area contributed by atoms with Gasteiger partial charge in [-0.2, -0.15) is 0 Å². The third-order valence-corrected chi connectivity index (χ3v) is 1.79. The molecule has 0 unspecified atom stereocenters. The number of carbonyl (C=O) groups is 2. The lowest BCUT2D eigenvalue weighted by atomic mass is 10.2. The van der Waals surface area contributed by atoms with E-state index in [1.165, 1.54) is 21.1 Å². The van der Waals surface area contributed by atoms with Gasteiger partial charge < -0.3 is 4.74 Å². The second-order valence-electron chi connectivity index (χ2n) is 3.03. The maximum absolute atomic E-state index is 11.4. The summed E-state index contributed by atoms with van der Waals surface area (Å²) in [5.41, 5.74) is 0. The summed E-state index contributed by atoms with van der Waals surface area (Å²) in [4.78, 5) is 26.9. The molecule has 0 rings (SSSR count). The smallest absolute Gasteiger partial charge is 0.302 e. The normalized spacial score (nSPS) is 11.7. The van der Waals surface area contributed by atoms with Gasteiger partial charge >= 0.3 is 5.97 Å². The van der Waals surface area contributed by atoms with Gasteiger partial charge in [-0.1, -0.05) is 6.08 Å². The molecule has 86 valence electrons. The molecular formula is C10H17NO4. The van der Waals surface area contributed by atoms with Crippen molar-refractivity contribution in [3.05, 3.63) is 12.7 Å². The summed E-state index contributed by atoms with van der Waals surface area (Å²) < 4.78 is 4.94. The largest absolute Gasteiger partial charge is 0.462 e. The fraction of sp³-hybridized carbons (Fsp3) is 0.600. The number of hydrogen-bond acceptors (Lipinski definition) is 4. The Balaban J connectivity index is 4.20. The Morgan fingerprint density at radius 1 is 1.53 bits per heavy atom. The van der Waals surface area contributed by atoms with Crippen LogP contribution in [0.2, 0.25) is 0 Å². The van der Waals surface area contributed by atoms with Gasteiger partial charge in [0.1, 0.15) is 6.10 Å². The molecule has 0 aromatic heterocycles. The predicted molar refractivity (Wildman–Crippen MR) is 54.8 cm³/mol. The van der Waals surface area contributed by atoms with E-state index in [-0.39, 0.29) is 12.3 Å². The first-order valence-electron chi connectivity index (χ1n) is 4.60. The van der Waals surface area contributed by atoms with E-state index in [1.54, 1.807) is 6.08 Å². The molecule has 1 amide bonds. The number of hydroxylamine groups is 2. The zero-order valence-corrected chi connectivity index (χ0v) is 9.36. The molecular weight excluding hydrogens is 198 g/mol. The maximum Gasteiger partial charge on any atom is 0.302 e. The van der Waals surface area contributed by atoms with Crippen LogP contribution >= 0.6 is 0 Å². The highest BCUT2D eigenvalue weighted by Gasteiger charge is 2.18. The average molecular weight is 215 g/mol. The van der Waals surface area contributed by atoms with Gasteiger partial charge in [0.25, 0.3) is 0 Å². The SMILES string of the molecule is C=CC[C@@H](CC(=O)N(C)OC)OC(C)=O. The van der Waals surface area contributed by atoms with E-state index in [1.807, 2.05) is 0 Å². The topological polar surface area (TPSA) is 55.8 Å². The number of carbonyl (C=O) groups excluding carboxylic acids is 2. The van der Waals surface area contributed by atoms with Crippen LogP contribution in [0.15, 0.2) is 12.7 Å². The Hall–Kier alpha value is -1.36. The molecule has 5 nitrogen and oxygen atoms in total. The monoisotopic (exact) mass is 215 g/mol. The standard InChI is InChI=1S/C10H17NO4/c1-5-6-9(15-8(2)12)7-10(13)11(3)14-4/h5,9H,1,6-7H2,2-4H3/t9-/m0/s1. The number of esters is 1. The van der Waals surface area contributed by atoms with Crippen LogP contribution in [0, 0.1) is 0 Å². The molecule has 0 aromatic carbocycles. The van der Waals surface area contributed by atoms with Gasteiger partial charge in [-0.3, -0.25) is 14.4 Å². The molecule has 0 spiro atoms. The van der Waals surface area contributed by atoms with Gasteiger partial charge in [-0.15, -0.1) is 6.58 Å². The summed E-state index contributed by atoms with van der Waals surface area (Å²) >= 11 is 0. The van der Waals surface area contributed by atoms with Crippen molar-refractivity contribution < 1.29 is 19.2 Å². The lowest BCUT2D eigenvalue weighted by molar-refractivity contribution is -0.172. The van der Waals surface area contributed by atoms with Crippen LogP contribution in [0.1, 0.15) is 19.8 Å². The highest BCUT2D eigenvalue weighted by atomic mass is 16.7. The van der Waals surface area contributed by atoms with E-state index in [4.69, 9.17) is 9.57 Å². The molecule has 0 N–H and O–H groups in total. The number of rotatable bonds is 6. The average Bonchev–Trinajstić information content (AvgIpc) is 2.15. The summed E-state index contributed by atoms with van der Waals surface area (Å²) in [7, 11) is 2.90. The summed E-state index contributed by atoms with van der Waals surface area (Å²) in [5, 5.41) is 1.10. The molecule has 5 heteroatoms. The fourth-order valence-corrected chi connectivity index (χ4v) is 1.02. The first-order chi connectivity index (χ1) is 7.01. The molecule has 0 heterocycles. The van der Waals surface area contributed by atoms with Crippen LogP contribution in [-0.2, 0) is 19.2 Å². The van der Waals surface area contributed by atoms with Crippen molar-refractivity contribution >= 4 is 11.9 Å². The molecule has 0 bridgehead atoms.